The van der Waals surface area contributed by atoms with E-state index in [4.69, 9.17) is 11.6 Å². The molecule has 224 valence electrons. The van der Waals surface area contributed by atoms with Crippen LogP contribution in [0.1, 0.15) is 49.7 Å². The van der Waals surface area contributed by atoms with Crippen molar-refractivity contribution in [3.05, 3.63) is 101 Å². The van der Waals surface area contributed by atoms with Gasteiger partial charge in [-0.25, -0.2) is 12.8 Å². The van der Waals surface area contributed by atoms with Gasteiger partial charge in [0.25, 0.3) is 0 Å². The molecule has 1 aliphatic rings. The third-order valence-corrected chi connectivity index (χ3v) is 8.98. The number of hydrogen-bond acceptors (Lipinski definition) is 4. The number of halogens is 2. The van der Waals surface area contributed by atoms with E-state index >= 15 is 0 Å². The van der Waals surface area contributed by atoms with E-state index < -0.39 is 21.9 Å². The molecular formula is C32H37ClFN3O4S. The quantitative estimate of drug-likeness (QED) is 0.267. The summed E-state index contributed by atoms with van der Waals surface area (Å²) >= 11 is 5.98. The highest BCUT2D eigenvalue weighted by atomic mass is 35.5. The van der Waals surface area contributed by atoms with Crippen molar-refractivity contribution in [2.24, 2.45) is 0 Å². The summed E-state index contributed by atoms with van der Waals surface area (Å²) in [6.07, 6.45) is 5.39. The van der Waals surface area contributed by atoms with Crippen LogP contribution in [0.4, 0.5) is 10.1 Å². The number of rotatable bonds is 13. The molecule has 3 aromatic carbocycles. The number of carbonyl (C=O) groups excluding carboxylic acids is 2. The fourth-order valence-electron chi connectivity index (χ4n) is 5.34. The molecule has 0 aromatic heterocycles. The van der Waals surface area contributed by atoms with E-state index in [0.29, 0.717) is 16.3 Å². The van der Waals surface area contributed by atoms with Crippen molar-refractivity contribution in [1.82, 2.24) is 10.2 Å². The van der Waals surface area contributed by atoms with Crippen LogP contribution < -0.4 is 9.62 Å². The summed E-state index contributed by atoms with van der Waals surface area (Å²) in [6, 6.07) is 21.3. The van der Waals surface area contributed by atoms with E-state index in [1.165, 1.54) is 15.3 Å². The van der Waals surface area contributed by atoms with Gasteiger partial charge in [0, 0.05) is 42.6 Å². The zero-order chi connectivity index (χ0) is 30.1. The predicted molar refractivity (Wildman–Crippen MR) is 164 cm³/mol. The normalized spacial score (nSPS) is 14.4. The van der Waals surface area contributed by atoms with Crippen molar-refractivity contribution >= 4 is 39.1 Å². The fourth-order valence-corrected chi connectivity index (χ4v) is 6.43. The Morgan fingerprint density at radius 1 is 0.976 bits per heavy atom. The van der Waals surface area contributed by atoms with Gasteiger partial charge in [0.2, 0.25) is 21.8 Å². The Kier molecular flexibility index (Phi) is 11.0. The number of nitrogens with one attached hydrogen (secondary N) is 1. The first kappa shape index (κ1) is 31.5. The van der Waals surface area contributed by atoms with E-state index in [2.05, 4.69) is 5.32 Å². The molecule has 1 aliphatic carbocycles. The predicted octanol–water partition coefficient (Wildman–Crippen LogP) is 5.72. The van der Waals surface area contributed by atoms with E-state index in [9.17, 15) is 22.4 Å². The molecule has 42 heavy (non-hydrogen) atoms. The maximum atomic E-state index is 14.8. The molecular weight excluding hydrogens is 577 g/mol. The molecule has 1 N–H and O–H groups in total. The maximum absolute atomic E-state index is 14.8. The molecule has 0 unspecified atom stereocenters. The Balaban J connectivity index is 1.59. The molecule has 0 spiro atoms. The Labute approximate surface area is 252 Å². The number of anilines is 1. The highest BCUT2D eigenvalue weighted by Crippen LogP contribution is 2.23. The van der Waals surface area contributed by atoms with Gasteiger partial charge in [0.05, 0.1) is 11.9 Å². The molecule has 0 radical (unpaired) electrons. The molecule has 10 heteroatoms. The number of hydrogen-bond donors (Lipinski definition) is 1. The van der Waals surface area contributed by atoms with Crippen LogP contribution in [0.25, 0.3) is 0 Å². The lowest BCUT2D eigenvalue weighted by molar-refractivity contribution is -0.141. The minimum absolute atomic E-state index is 0.0317. The molecule has 1 fully saturated rings. The van der Waals surface area contributed by atoms with Crippen LogP contribution in [-0.2, 0) is 32.6 Å². The van der Waals surface area contributed by atoms with Gasteiger partial charge < -0.3 is 10.2 Å². The van der Waals surface area contributed by atoms with Crippen LogP contribution in [0, 0.1) is 5.82 Å². The molecule has 0 aliphatic heterocycles. The topological polar surface area (TPSA) is 86.8 Å². The number of nitrogens with zero attached hydrogens (tertiary/aromatic N) is 2. The van der Waals surface area contributed by atoms with E-state index in [1.807, 2.05) is 30.3 Å². The van der Waals surface area contributed by atoms with Crippen LogP contribution in [0.3, 0.4) is 0 Å². The van der Waals surface area contributed by atoms with Crippen LogP contribution in [-0.4, -0.2) is 50.0 Å². The first-order valence-corrected chi connectivity index (χ1v) is 16.4. The van der Waals surface area contributed by atoms with Gasteiger partial charge in [-0.2, -0.15) is 0 Å². The smallest absolute Gasteiger partial charge is 0.243 e. The summed E-state index contributed by atoms with van der Waals surface area (Å²) < 4.78 is 41.2. The first-order chi connectivity index (χ1) is 20.1. The molecule has 0 heterocycles. The van der Waals surface area contributed by atoms with E-state index in [1.54, 1.807) is 42.5 Å². The molecule has 1 atom stereocenters. The Bertz CT molecular complexity index is 1450. The summed E-state index contributed by atoms with van der Waals surface area (Å²) in [7, 11) is -3.64. The van der Waals surface area contributed by atoms with Gasteiger partial charge in [-0.15, -0.1) is 0 Å². The van der Waals surface area contributed by atoms with Gasteiger partial charge in [-0.1, -0.05) is 73.0 Å². The monoisotopic (exact) mass is 613 g/mol. The molecule has 0 saturated heterocycles. The van der Waals surface area contributed by atoms with Crippen molar-refractivity contribution in [3.63, 3.8) is 0 Å². The van der Waals surface area contributed by atoms with Gasteiger partial charge in [-0.05, 0) is 55.2 Å². The molecule has 0 bridgehead atoms. The summed E-state index contributed by atoms with van der Waals surface area (Å²) in [5.41, 5.74) is 1.62. The minimum atomic E-state index is -3.64. The standard InChI is InChI=1S/C32H37ClFN3O4S/c1-42(40,41)37(28-19-17-26(33)18-20-28)21-9-16-31(38)36(23-25-12-5-8-15-29(25)34)30(22-24-10-3-2-4-11-24)32(39)35-27-13-6-7-14-27/h2-5,8,10-12,15,17-20,27,30H,6-7,9,13-14,16,21-23H2,1H3,(H,35,39)/t30-/m1/s1. The van der Waals surface area contributed by atoms with Crippen molar-refractivity contribution in [2.45, 2.75) is 63.6 Å². The lowest BCUT2D eigenvalue weighted by atomic mass is 10.0. The van der Waals surface area contributed by atoms with Crippen LogP contribution in [0.2, 0.25) is 5.02 Å². The third kappa shape index (κ3) is 8.79. The van der Waals surface area contributed by atoms with Crippen LogP contribution >= 0.6 is 11.6 Å². The lowest BCUT2D eigenvalue weighted by Crippen LogP contribution is -2.52. The average Bonchev–Trinajstić information content (AvgIpc) is 3.47. The summed E-state index contributed by atoms with van der Waals surface area (Å²) in [5.74, 6) is -1.09. The van der Waals surface area contributed by atoms with Crippen molar-refractivity contribution in [1.29, 1.82) is 0 Å². The van der Waals surface area contributed by atoms with Gasteiger partial charge in [0.15, 0.2) is 0 Å². The number of benzene rings is 3. The van der Waals surface area contributed by atoms with Crippen molar-refractivity contribution in [2.75, 3.05) is 17.1 Å². The third-order valence-electron chi connectivity index (χ3n) is 7.54. The zero-order valence-electron chi connectivity index (χ0n) is 23.7. The second-order valence-electron chi connectivity index (χ2n) is 10.7. The van der Waals surface area contributed by atoms with Crippen LogP contribution in [0.15, 0.2) is 78.9 Å². The Morgan fingerprint density at radius 2 is 1.62 bits per heavy atom. The highest BCUT2D eigenvalue weighted by molar-refractivity contribution is 7.92. The first-order valence-electron chi connectivity index (χ1n) is 14.2. The lowest BCUT2D eigenvalue weighted by Gasteiger charge is -2.33. The zero-order valence-corrected chi connectivity index (χ0v) is 25.3. The van der Waals surface area contributed by atoms with E-state index in [-0.39, 0.29) is 50.2 Å². The van der Waals surface area contributed by atoms with E-state index in [0.717, 1.165) is 37.5 Å². The molecule has 7 nitrogen and oxygen atoms in total. The second-order valence-corrected chi connectivity index (χ2v) is 13.1. The highest BCUT2D eigenvalue weighted by Gasteiger charge is 2.32. The van der Waals surface area contributed by atoms with Gasteiger partial charge in [0.1, 0.15) is 11.9 Å². The Hall–Kier alpha value is -3.43. The molecule has 4 rings (SSSR count). The summed E-state index contributed by atoms with van der Waals surface area (Å²) in [4.78, 5) is 29.1. The van der Waals surface area contributed by atoms with Crippen molar-refractivity contribution in [3.8, 4) is 0 Å². The molecule has 2 amide bonds. The van der Waals surface area contributed by atoms with Gasteiger partial charge >= 0.3 is 0 Å². The molecule has 1 saturated carbocycles. The summed E-state index contributed by atoms with van der Waals surface area (Å²) in [5, 5.41) is 3.61. The average molecular weight is 614 g/mol. The second kappa shape index (κ2) is 14.6. The number of sulfonamides is 1. The Morgan fingerprint density at radius 3 is 2.26 bits per heavy atom. The SMILES string of the molecule is CS(=O)(=O)N(CCCC(=O)N(Cc1ccccc1F)[C@H](Cc1ccccc1)C(=O)NC1CCCC1)c1ccc(Cl)cc1. The van der Waals surface area contributed by atoms with Crippen molar-refractivity contribution < 1.29 is 22.4 Å². The number of amides is 2. The van der Waals surface area contributed by atoms with Crippen LogP contribution in [0.5, 0.6) is 0 Å². The minimum Gasteiger partial charge on any atom is -0.352 e. The summed E-state index contributed by atoms with van der Waals surface area (Å²) in [6.45, 7) is -0.0363. The van der Waals surface area contributed by atoms with Gasteiger partial charge in [-0.3, -0.25) is 13.9 Å². The molecule has 3 aromatic rings. The fraction of sp³-hybridized carbons (Fsp3) is 0.375. The number of carbonyl (C=O) groups is 2. The maximum Gasteiger partial charge on any atom is 0.243 e. The largest absolute Gasteiger partial charge is 0.352 e.